The van der Waals surface area contributed by atoms with Gasteiger partial charge in [0.2, 0.25) is 0 Å². The molecular formula is C16H19N3O2. The average Bonchev–Trinajstić information content (AvgIpc) is 2.53. The fourth-order valence-corrected chi connectivity index (χ4v) is 3.16. The van der Waals surface area contributed by atoms with Crippen molar-refractivity contribution in [2.75, 3.05) is 11.9 Å². The van der Waals surface area contributed by atoms with E-state index < -0.39 is 5.97 Å². The first-order valence-corrected chi connectivity index (χ1v) is 7.43. The highest BCUT2D eigenvalue weighted by molar-refractivity contribution is 5.90. The van der Waals surface area contributed by atoms with Gasteiger partial charge in [0.25, 0.3) is 0 Å². The molecule has 2 unspecified atom stereocenters. The summed E-state index contributed by atoms with van der Waals surface area (Å²) >= 11 is 0. The molecule has 21 heavy (non-hydrogen) atoms. The highest BCUT2D eigenvalue weighted by atomic mass is 16.4. The van der Waals surface area contributed by atoms with Gasteiger partial charge in [-0.1, -0.05) is 37.1 Å². The zero-order chi connectivity index (χ0) is 14.7. The molecule has 0 radical (unpaired) electrons. The van der Waals surface area contributed by atoms with Crippen LogP contribution in [0.1, 0.15) is 25.7 Å². The molecule has 0 amide bonds. The summed E-state index contributed by atoms with van der Waals surface area (Å²) in [6.07, 6.45) is 5.60. The maximum atomic E-state index is 11.3. The van der Waals surface area contributed by atoms with Crippen molar-refractivity contribution < 1.29 is 9.90 Å². The van der Waals surface area contributed by atoms with Crippen LogP contribution in [0.3, 0.4) is 0 Å². The highest BCUT2D eigenvalue weighted by Crippen LogP contribution is 2.31. The van der Waals surface area contributed by atoms with Gasteiger partial charge in [-0.25, -0.2) is 0 Å². The molecule has 0 aliphatic heterocycles. The van der Waals surface area contributed by atoms with Crippen LogP contribution < -0.4 is 5.32 Å². The maximum Gasteiger partial charge on any atom is 0.306 e. The summed E-state index contributed by atoms with van der Waals surface area (Å²) in [5.74, 6) is -0.0143. The van der Waals surface area contributed by atoms with Crippen molar-refractivity contribution in [2.24, 2.45) is 11.8 Å². The molecule has 1 aliphatic rings. The lowest BCUT2D eigenvalue weighted by atomic mass is 9.79. The van der Waals surface area contributed by atoms with Gasteiger partial charge in [-0.05, 0) is 18.8 Å². The molecule has 110 valence electrons. The van der Waals surface area contributed by atoms with Gasteiger partial charge in [-0.3, -0.25) is 4.79 Å². The highest BCUT2D eigenvalue weighted by Gasteiger charge is 2.30. The second-order valence-corrected chi connectivity index (χ2v) is 5.65. The molecule has 2 atom stereocenters. The third kappa shape index (κ3) is 2.96. The molecule has 1 aliphatic carbocycles. The van der Waals surface area contributed by atoms with Crippen LogP contribution in [0.4, 0.5) is 5.82 Å². The fraction of sp³-hybridized carbons (Fsp3) is 0.438. The molecule has 2 N–H and O–H groups in total. The number of hydrogen-bond acceptors (Lipinski definition) is 4. The number of hydrogen-bond donors (Lipinski definition) is 2. The van der Waals surface area contributed by atoms with Crippen LogP contribution in [0.5, 0.6) is 0 Å². The van der Waals surface area contributed by atoms with Gasteiger partial charge in [0, 0.05) is 17.3 Å². The quantitative estimate of drug-likeness (QED) is 0.903. The summed E-state index contributed by atoms with van der Waals surface area (Å²) in [6.45, 7) is 0.639. The van der Waals surface area contributed by atoms with E-state index in [1.54, 1.807) is 6.20 Å². The zero-order valence-electron chi connectivity index (χ0n) is 11.8. The van der Waals surface area contributed by atoms with Crippen molar-refractivity contribution in [3.05, 3.63) is 30.5 Å². The lowest BCUT2D eigenvalue weighted by molar-refractivity contribution is -0.144. The van der Waals surface area contributed by atoms with Crippen molar-refractivity contribution in [3.63, 3.8) is 0 Å². The van der Waals surface area contributed by atoms with Crippen molar-refractivity contribution in [2.45, 2.75) is 25.7 Å². The predicted octanol–water partition coefficient (Wildman–Crippen LogP) is 2.93. The molecule has 1 saturated carbocycles. The van der Waals surface area contributed by atoms with Gasteiger partial charge < -0.3 is 10.4 Å². The van der Waals surface area contributed by atoms with Gasteiger partial charge in [-0.2, -0.15) is 5.10 Å². The third-order valence-corrected chi connectivity index (χ3v) is 4.33. The van der Waals surface area contributed by atoms with Gasteiger partial charge >= 0.3 is 5.97 Å². The van der Waals surface area contributed by atoms with E-state index in [2.05, 4.69) is 15.5 Å². The first-order chi connectivity index (χ1) is 10.3. The molecule has 2 aromatic rings. The minimum Gasteiger partial charge on any atom is -0.481 e. The number of carboxylic acid groups (broad SMARTS) is 1. The topological polar surface area (TPSA) is 75.1 Å². The van der Waals surface area contributed by atoms with Crippen molar-refractivity contribution in [1.29, 1.82) is 0 Å². The van der Waals surface area contributed by atoms with Gasteiger partial charge in [0.1, 0.15) is 0 Å². The van der Waals surface area contributed by atoms with Crippen LogP contribution in [0, 0.1) is 11.8 Å². The fourth-order valence-electron chi connectivity index (χ4n) is 3.16. The molecular weight excluding hydrogens is 266 g/mol. The Morgan fingerprint density at radius 2 is 2.10 bits per heavy atom. The number of fused-ring (bicyclic) bond motifs is 1. The summed E-state index contributed by atoms with van der Waals surface area (Å²) in [5, 5.41) is 22.8. The summed E-state index contributed by atoms with van der Waals surface area (Å²) in [4.78, 5) is 11.3. The minimum atomic E-state index is -0.675. The lowest BCUT2D eigenvalue weighted by Crippen LogP contribution is -2.32. The third-order valence-electron chi connectivity index (χ3n) is 4.33. The minimum absolute atomic E-state index is 0.164. The van der Waals surface area contributed by atoms with Crippen LogP contribution in [-0.2, 0) is 4.79 Å². The molecule has 1 heterocycles. The Kier molecular flexibility index (Phi) is 3.99. The predicted molar refractivity (Wildman–Crippen MR) is 81.1 cm³/mol. The van der Waals surface area contributed by atoms with E-state index in [9.17, 15) is 9.90 Å². The second kappa shape index (κ2) is 6.08. The van der Waals surface area contributed by atoms with E-state index >= 15 is 0 Å². The van der Waals surface area contributed by atoms with Crippen LogP contribution in [0.15, 0.2) is 30.5 Å². The maximum absolute atomic E-state index is 11.3. The van der Waals surface area contributed by atoms with Crippen molar-refractivity contribution in [1.82, 2.24) is 10.2 Å². The largest absolute Gasteiger partial charge is 0.481 e. The molecule has 1 aromatic carbocycles. The number of carbonyl (C=O) groups is 1. The van der Waals surface area contributed by atoms with Crippen LogP contribution in [0.2, 0.25) is 0 Å². The van der Waals surface area contributed by atoms with Crippen molar-refractivity contribution >= 4 is 22.6 Å². The number of rotatable bonds is 4. The lowest BCUT2D eigenvalue weighted by Gasteiger charge is -2.28. The van der Waals surface area contributed by atoms with Gasteiger partial charge in [0.15, 0.2) is 5.82 Å². The smallest absolute Gasteiger partial charge is 0.306 e. The average molecular weight is 285 g/mol. The zero-order valence-corrected chi connectivity index (χ0v) is 11.8. The standard InChI is InChI=1S/C16H19N3O2/c20-16(21)14-8-4-2-5-11(14)9-17-15-13-7-3-1-6-12(13)10-18-19-15/h1,3,6-7,10-11,14H,2,4-5,8-9H2,(H,17,19)(H,20,21). The molecule has 5 nitrogen and oxygen atoms in total. The van der Waals surface area contributed by atoms with Crippen LogP contribution in [-0.4, -0.2) is 27.8 Å². The summed E-state index contributed by atoms with van der Waals surface area (Å²) in [7, 11) is 0. The Balaban J connectivity index is 1.75. The first-order valence-electron chi connectivity index (χ1n) is 7.43. The summed E-state index contributed by atoms with van der Waals surface area (Å²) in [6, 6.07) is 7.93. The van der Waals surface area contributed by atoms with Gasteiger partial charge in [-0.15, -0.1) is 5.10 Å². The summed E-state index contributed by atoms with van der Waals surface area (Å²) < 4.78 is 0. The SMILES string of the molecule is O=C(O)C1CCCCC1CNc1nncc2ccccc12. The van der Waals surface area contributed by atoms with Crippen LogP contribution >= 0.6 is 0 Å². The van der Waals surface area contributed by atoms with Crippen LogP contribution in [0.25, 0.3) is 10.8 Å². The Morgan fingerprint density at radius 1 is 1.29 bits per heavy atom. The molecule has 1 aromatic heterocycles. The first kappa shape index (κ1) is 13.8. The van der Waals surface area contributed by atoms with E-state index in [1.165, 1.54) is 0 Å². The molecule has 0 saturated heterocycles. The Hall–Kier alpha value is -2.17. The number of anilines is 1. The molecule has 5 heteroatoms. The number of benzene rings is 1. The van der Waals surface area contributed by atoms with Crippen molar-refractivity contribution in [3.8, 4) is 0 Å². The number of nitrogens with one attached hydrogen (secondary N) is 1. The number of nitrogens with zero attached hydrogens (tertiary/aromatic N) is 2. The van der Waals surface area contributed by atoms with E-state index in [0.29, 0.717) is 6.54 Å². The number of carboxylic acids is 1. The number of aliphatic carboxylic acids is 1. The Bertz CT molecular complexity index is 639. The van der Waals surface area contributed by atoms with Gasteiger partial charge in [0.05, 0.1) is 12.1 Å². The van der Waals surface area contributed by atoms with E-state index in [-0.39, 0.29) is 11.8 Å². The normalized spacial score (nSPS) is 22.1. The molecule has 3 rings (SSSR count). The second-order valence-electron chi connectivity index (χ2n) is 5.65. The van der Waals surface area contributed by atoms with E-state index in [0.717, 1.165) is 42.3 Å². The van der Waals surface area contributed by atoms with E-state index in [4.69, 9.17) is 0 Å². The van der Waals surface area contributed by atoms with E-state index in [1.807, 2.05) is 24.3 Å². The monoisotopic (exact) mass is 285 g/mol. The molecule has 0 bridgehead atoms. The Morgan fingerprint density at radius 3 is 2.95 bits per heavy atom. The summed E-state index contributed by atoms with van der Waals surface area (Å²) in [5.41, 5.74) is 0. The Labute approximate surface area is 123 Å². The molecule has 1 fully saturated rings. The number of aromatic nitrogens is 2. The molecule has 0 spiro atoms.